The fraction of sp³-hybridized carbons (Fsp3) is 0.115. The van der Waals surface area contributed by atoms with Gasteiger partial charge in [-0.25, -0.2) is 4.68 Å². The Labute approximate surface area is 186 Å². The highest BCUT2D eigenvalue weighted by molar-refractivity contribution is 6.00. The van der Waals surface area contributed by atoms with Crippen LogP contribution in [0.25, 0.3) is 16.9 Å². The maximum absolute atomic E-state index is 13.3. The van der Waals surface area contributed by atoms with Gasteiger partial charge in [0.2, 0.25) is 5.91 Å². The summed E-state index contributed by atoms with van der Waals surface area (Å²) in [5.41, 5.74) is 4.43. The summed E-state index contributed by atoms with van der Waals surface area (Å²) in [7, 11) is 0. The molecule has 0 aliphatic heterocycles. The molecule has 0 radical (unpaired) electrons. The van der Waals surface area contributed by atoms with Crippen LogP contribution in [0.5, 0.6) is 0 Å². The first-order valence-electron chi connectivity index (χ1n) is 10.4. The molecule has 160 valence electrons. The Morgan fingerprint density at radius 1 is 0.906 bits per heavy atom. The molecule has 4 rings (SSSR count). The topological polar surface area (TPSA) is 76.0 Å². The molecule has 0 bridgehead atoms. The highest BCUT2D eigenvalue weighted by Gasteiger charge is 2.20. The van der Waals surface area contributed by atoms with Crippen LogP contribution in [0.3, 0.4) is 0 Å². The van der Waals surface area contributed by atoms with Gasteiger partial charge in [0.15, 0.2) is 0 Å². The number of amides is 2. The molecule has 4 aromatic rings. The average molecular weight is 425 g/mol. The molecule has 1 unspecified atom stereocenters. The van der Waals surface area contributed by atoms with Crippen LogP contribution >= 0.6 is 0 Å². The van der Waals surface area contributed by atoms with Crippen LogP contribution in [0, 0.1) is 0 Å². The Hall–Kier alpha value is -4.19. The largest absolute Gasteiger partial charge is 0.345 e. The average Bonchev–Trinajstić information content (AvgIpc) is 3.26. The van der Waals surface area contributed by atoms with Gasteiger partial charge >= 0.3 is 0 Å². The number of benzene rings is 3. The molecule has 6 nitrogen and oxygen atoms in total. The number of hydrogen-bond donors (Lipinski definition) is 2. The van der Waals surface area contributed by atoms with Gasteiger partial charge in [0.25, 0.3) is 5.91 Å². The molecule has 1 heterocycles. The number of rotatable bonds is 6. The van der Waals surface area contributed by atoms with Gasteiger partial charge in [-0.3, -0.25) is 9.59 Å². The van der Waals surface area contributed by atoms with Crippen molar-refractivity contribution in [3.63, 3.8) is 0 Å². The minimum atomic E-state index is -0.264. The van der Waals surface area contributed by atoms with E-state index in [4.69, 9.17) is 5.10 Å². The van der Waals surface area contributed by atoms with E-state index in [0.717, 1.165) is 16.8 Å². The molecule has 1 aromatic heterocycles. The quantitative estimate of drug-likeness (QED) is 0.458. The van der Waals surface area contributed by atoms with E-state index in [1.54, 1.807) is 10.9 Å². The number of nitrogens with zero attached hydrogens (tertiary/aromatic N) is 2. The van der Waals surface area contributed by atoms with E-state index in [1.807, 2.05) is 91.9 Å². The minimum absolute atomic E-state index is 0.139. The maximum atomic E-state index is 13.3. The normalized spacial score (nSPS) is 11.6. The van der Waals surface area contributed by atoms with E-state index in [0.29, 0.717) is 16.9 Å². The van der Waals surface area contributed by atoms with E-state index in [2.05, 4.69) is 10.6 Å². The van der Waals surface area contributed by atoms with Crippen molar-refractivity contribution in [1.82, 2.24) is 15.1 Å². The van der Waals surface area contributed by atoms with Crippen LogP contribution in [0.15, 0.2) is 91.1 Å². The molecule has 0 aliphatic carbocycles. The van der Waals surface area contributed by atoms with E-state index in [9.17, 15) is 9.59 Å². The molecule has 0 fully saturated rings. The van der Waals surface area contributed by atoms with Crippen LogP contribution in [-0.2, 0) is 4.79 Å². The third kappa shape index (κ3) is 4.75. The SMILES string of the molecule is CC(=O)Nc1cccc(C(C)NC(=O)c2cn(-c3ccccc3)nc2-c2ccccc2)c1. The van der Waals surface area contributed by atoms with Crippen molar-refractivity contribution in [3.05, 3.63) is 102 Å². The van der Waals surface area contributed by atoms with Crippen molar-refractivity contribution in [3.8, 4) is 16.9 Å². The van der Waals surface area contributed by atoms with Gasteiger partial charge in [-0.15, -0.1) is 0 Å². The molecular formula is C26H24N4O2. The van der Waals surface area contributed by atoms with Crippen molar-refractivity contribution in [2.75, 3.05) is 5.32 Å². The predicted molar refractivity (Wildman–Crippen MR) is 126 cm³/mol. The van der Waals surface area contributed by atoms with Crippen molar-refractivity contribution >= 4 is 17.5 Å². The Morgan fingerprint density at radius 2 is 1.59 bits per heavy atom. The zero-order chi connectivity index (χ0) is 22.5. The number of para-hydroxylation sites is 1. The van der Waals surface area contributed by atoms with Crippen LogP contribution in [0.2, 0.25) is 0 Å². The summed E-state index contributed by atoms with van der Waals surface area (Å²) in [6.45, 7) is 3.38. The minimum Gasteiger partial charge on any atom is -0.345 e. The monoisotopic (exact) mass is 424 g/mol. The number of aromatic nitrogens is 2. The Kier molecular flexibility index (Phi) is 6.12. The summed E-state index contributed by atoms with van der Waals surface area (Å²) in [5, 5.41) is 10.5. The molecule has 2 amide bonds. The molecule has 32 heavy (non-hydrogen) atoms. The lowest BCUT2D eigenvalue weighted by atomic mass is 10.1. The highest BCUT2D eigenvalue weighted by atomic mass is 16.2. The van der Waals surface area contributed by atoms with E-state index >= 15 is 0 Å². The lowest BCUT2D eigenvalue weighted by Gasteiger charge is -2.15. The lowest BCUT2D eigenvalue weighted by Crippen LogP contribution is -2.27. The smallest absolute Gasteiger partial charge is 0.255 e. The van der Waals surface area contributed by atoms with Gasteiger partial charge < -0.3 is 10.6 Å². The summed E-state index contributed by atoms with van der Waals surface area (Å²) >= 11 is 0. The molecule has 0 saturated carbocycles. The molecule has 3 aromatic carbocycles. The predicted octanol–water partition coefficient (Wildman–Crippen LogP) is 4.99. The summed E-state index contributed by atoms with van der Waals surface area (Å²) in [6, 6.07) is 26.5. The summed E-state index contributed by atoms with van der Waals surface area (Å²) in [5.74, 6) is -0.358. The highest BCUT2D eigenvalue weighted by Crippen LogP contribution is 2.25. The standard InChI is InChI=1S/C26H24N4O2/c1-18(21-12-9-13-22(16-21)28-19(2)31)27-26(32)24-17-30(23-14-7-4-8-15-23)29-25(24)20-10-5-3-6-11-20/h3-18H,1-2H3,(H,27,32)(H,28,31). The number of carbonyl (C=O) groups is 2. The second-order valence-corrected chi connectivity index (χ2v) is 7.54. The fourth-order valence-corrected chi connectivity index (χ4v) is 3.51. The van der Waals surface area contributed by atoms with Crippen molar-refractivity contribution in [1.29, 1.82) is 0 Å². The number of nitrogens with one attached hydrogen (secondary N) is 2. The van der Waals surface area contributed by atoms with Gasteiger partial charge in [0.1, 0.15) is 5.69 Å². The third-order valence-corrected chi connectivity index (χ3v) is 5.08. The third-order valence-electron chi connectivity index (χ3n) is 5.08. The molecule has 2 N–H and O–H groups in total. The van der Waals surface area contributed by atoms with Crippen molar-refractivity contribution in [2.45, 2.75) is 19.9 Å². The van der Waals surface area contributed by atoms with Crippen LogP contribution in [0.1, 0.15) is 35.8 Å². The first-order chi connectivity index (χ1) is 15.5. The summed E-state index contributed by atoms with van der Waals surface area (Å²) < 4.78 is 1.72. The van der Waals surface area contributed by atoms with Crippen LogP contribution in [0.4, 0.5) is 5.69 Å². The second kappa shape index (κ2) is 9.31. The Bertz CT molecular complexity index is 1230. The maximum Gasteiger partial charge on any atom is 0.255 e. The Morgan fingerprint density at radius 3 is 2.28 bits per heavy atom. The second-order valence-electron chi connectivity index (χ2n) is 7.54. The van der Waals surface area contributed by atoms with E-state index in [-0.39, 0.29) is 17.9 Å². The summed E-state index contributed by atoms with van der Waals surface area (Å²) in [4.78, 5) is 24.7. The number of carbonyl (C=O) groups excluding carboxylic acids is 2. The first-order valence-corrected chi connectivity index (χ1v) is 10.4. The molecule has 0 spiro atoms. The molecule has 6 heteroatoms. The van der Waals surface area contributed by atoms with Gasteiger partial charge in [0.05, 0.1) is 17.3 Å². The van der Waals surface area contributed by atoms with E-state index < -0.39 is 0 Å². The number of hydrogen-bond acceptors (Lipinski definition) is 3. The van der Waals surface area contributed by atoms with Crippen LogP contribution < -0.4 is 10.6 Å². The van der Waals surface area contributed by atoms with Crippen molar-refractivity contribution < 1.29 is 9.59 Å². The molecule has 0 saturated heterocycles. The number of anilines is 1. The molecule has 0 aliphatic rings. The van der Waals surface area contributed by atoms with Crippen LogP contribution in [-0.4, -0.2) is 21.6 Å². The fourth-order valence-electron chi connectivity index (χ4n) is 3.51. The van der Waals surface area contributed by atoms with Gasteiger partial charge in [0, 0.05) is 24.4 Å². The summed E-state index contributed by atoms with van der Waals surface area (Å²) in [6.07, 6.45) is 1.76. The van der Waals surface area contributed by atoms with Gasteiger partial charge in [-0.2, -0.15) is 5.10 Å². The molecule has 1 atom stereocenters. The van der Waals surface area contributed by atoms with Gasteiger partial charge in [-0.1, -0.05) is 60.7 Å². The zero-order valence-corrected chi connectivity index (χ0v) is 17.9. The van der Waals surface area contributed by atoms with Gasteiger partial charge in [-0.05, 0) is 36.8 Å². The lowest BCUT2D eigenvalue weighted by molar-refractivity contribution is -0.114. The first kappa shape index (κ1) is 21.1. The Balaban J connectivity index is 1.64. The van der Waals surface area contributed by atoms with Crippen molar-refractivity contribution in [2.24, 2.45) is 0 Å². The molecular weight excluding hydrogens is 400 g/mol. The van der Waals surface area contributed by atoms with E-state index in [1.165, 1.54) is 6.92 Å². The zero-order valence-electron chi connectivity index (χ0n) is 17.9.